The standard InChI is InChI=1S/C27H28F2N6O4S/c1-16-3-4-19(24-32-26(39-33-24)20-13-27(28,29)14-20)11-21(16)31-25(36)22-15-30-23-12-18(7-10-35(22)23)17-5-8-34(9-6-17)40(2,37)38/h3-4,7,10-12,15,17,20H,5-6,8-9,13-14H2,1-2H3,(H,31,36). The van der Waals surface area contributed by atoms with E-state index < -0.39 is 21.9 Å². The van der Waals surface area contributed by atoms with Crippen LogP contribution in [0.1, 0.15) is 65.0 Å². The summed E-state index contributed by atoms with van der Waals surface area (Å²) in [6.45, 7) is 2.82. The summed E-state index contributed by atoms with van der Waals surface area (Å²) >= 11 is 0. The van der Waals surface area contributed by atoms with Crippen LogP contribution in [0.5, 0.6) is 0 Å². The lowest BCUT2D eigenvalue weighted by molar-refractivity contribution is -0.0925. The van der Waals surface area contributed by atoms with Gasteiger partial charge in [0.15, 0.2) is 0 Å². The second-order valence-electron chi connectivity index (χ2n) is 10.7. The molecule has 10 nitrogen and oxygen atoms in total. The van der Waals surface area contributed by atoms with Crippen molar-refractivity contribution in [2.45, 2.75) is 50.4 Å². The Labute approximate surface area is 229 Å². The highest BCUT2D eigenvalue weighted by molar-refractivity contribution is 7.88. The Bertz CT molecular complexity index is 1700. The number of alkyl halides is 2. The number of pyridine rings is 1. The van der Waals surface area contributed by atoms with Crippen molar-refractivity contribution >= 4 is 27.3 Å². The quantitative estimate of drug-likeness (QED) is 0.360. The molecule has 1 amide bonds. The first-order valence-electron chi connectivity index (χ1n) is 13.0. The molecule has 1 N–H and O–H groups in total. The van der Waals surface area contributed by atoms with E-state index >= 15 is 0 Å². The van der Waals surface area contributed by atoms with E-state index in [0.717, 1.165) is 24.0 Å². The number of fused-ring (bicyclic) bond motifs is 1. The molecule has 0 spiro atoms. The van der Waals surface area contributed by atoms with Gasteiger partial charge in [-0.05, 0) is 55.0 Å². The molecule has 2 aliphatic rings. The smallest absolute Gasteiger partial charge is 0.274 e. The number of rotatable bonds is 6. The number of sulfonamides is 1. The summed E-state index contributed by atoms with van der Waals surface area (Å²) in [5.41, 5.74) is 3.99. The Morgan fingerprint density at radius 1 is 1.12 bits per heavy atom. The van der Waals surface area contributed by atoms with Crippen LogP contribution in [0.15, 0.2) is 47.2 Å². The first kappa shape index (κ1) is 26.5. The zero-order valence-electron chi connectivity index (χ0n) is 22.0. The van der Waals surface area contributed by atoms with E-state index in [-0.39, 0.29) is 36.4 Å². The van der Waals surface area contributed by atoms with Crippen LogP contribution in [0, 0.1) is 6.92 Å². The molecule has 0 radical (unpaired) electrons. The molecule has 1 aromatic carbocycles. The zero-order valence-corrected chi connectivity index (χ0v) is 22.8. The maximum absolute atomic E-state index is 13.3. The van der Waals surface area contributed by atoms with Crippen LogP contribution >= 0.6 is 0 Å². The van der Waals surface area contributed by atoms with Crippen molar-refractivity contribution in [2.24, 2.45) is 0 Å². The van der Waals surface area contributed by atoms with E-state index in [4.69, 9.17) is 4.52 Å². The molecule has 0 unspecified atom stereocenters. The molecule has 3 aromatic heterocycles. The Morgan fingerprint density at radius 2 is 1.88 bits per heavy atom. The van der Waals surface area contributed by atoms with Crippen molar-refractivity contribution < 1.29 is 26.5 Å². The number of amides is 1. The lowest BCUT2D eigenvalue weighted by atomic mass is 9.81. The second kappa shape index (κ2) is 9.73. The van der Waals surface area contributed by atoms with Gasteiger partial charge in [0, 0.05) is 49.3 Å². The van der Waals surface area contributed by atoms with Gasteiger partial charge in [-0.15, -0.1) is 0 Å². The van der Waals surface area contributed by atoms with E-state index in [1.165, 1.54) is 16.8 Å². The Hall–Kier alpha value is -3.71. The van der Waals surface area contributed by atoms with Gasteiger partial charge in [0.2, 0.25) is 27.7 Å². The third-order valence-corrected chi connectivity index (χ3v) is 9.09. The molecule has 4 heterocycles. The minimum absolute atomic E-state index is 0.193. The van der Waals surface area contributed by atoms with Crippen molar-refractivity contribution in [3.63, 3.8) is 0 Å². The molecular weight excluding hydrogens is 542 g/mol. The summed E-state index contributed by atoms with van der Waals surface area (Å²) in [6, 6.07) is 9.21. The van der Waals surface area contributed by atoms with E-state index in [1.807, 2.05) is 31.3 Å². The lowest BCUT2D eigenvalue weighted by Crippen LogP contribution is -2.37. The van der Waals surface area contributed by atoms with Crippen LogP contribution in [0.4, 0.5) is 14.5 Å². The van der Waals surface area contributed by atoms with Crippen LogP contribution in [-0.2, 0) is 10.0 Å². The molecule has 2 fully saturated rings. The Kier molecular flexibility index (Phi) is 6.45. The van der Waals surface area contributed by atoms with Gasteiger partial charge in [-0.3, -0.25) is 9.20 Å². The number of nitrogens with zero attached hydrogens (tertiary/aromatic N) is 5. The van der Waals surface area contributed by atoms with E-state index in [0.29, 0.717) is 35.7 Å². The number of carbonyl (C=O) groups excluding carboxylic acids is 1. The number of anilines is 1. The monoisotopic (exact) mass is 570 g/mol. The highest BCUT2D eigenvalue weighted by atomic mass is 32.2. The van der Waals surface area contributed by atoms with Gasteiger partial charge in [0.1, 0.15) is 11.3 Å². The van der Waals surface area contributed by atoms with Crippen LogP contribution in [0.3, 0.4) is 0 Å². The molecule has 210 valence electrons. The SMILES string of the molecule is Cc1ccc(-c2noc(C3CC(F)(F)C3)n2)cc1NC(=O)c1cnc2cc(C3CCN(S(C)(=O)=O)CC3)ccn12. The molecule has 1 saturated carbocycles. The Balaban J connectivity index is 1.17. The van der Waals surface area contributed by atoms with Crippen LogP contribution in [-0.4, -0.2) is 63.4 Å². The number of hydrogen-bond donors (Lipinski definition) is 1. The molecule has 6 rings (SSSR count). The predicted molar refractivity (Wildman–Crippen MR) is 143 cm³/mol. The first-order valence-corrected chi connectivity index (χ1v) is 14.9. The van der Waals surface area contributed by atoms with Crippen molar-refractivity contribution in [1.29, 1.82) is 0 Å². The summed E-state index contributed by atoms with van der Waals surface area (Å²) in [5, 5.41) is 6.88. The minimum atomic E-state index is -3.19. The number of aryl methyl sites for hydroxylation is 1. The number of hydrogen-bond acceptors (Lipinski definition) is 7. The maximum atomic E-state index is 13.3. The van der Waals surface area contributed by atoms with Crippen LogP contribution < -0.4 is 5.32 Å². The van der Waals surface area contributed by atoms with Crippen molar-refractivity contribution in [3.05, 3.63) is 65.4 Å². The average Bonchev–Trinajstić information content (AvgIpc) is 3.55. The molecule has 0 atom stereocenters. The third-order valence-electron chi connectivity index (χ3n) is 7.79. The number of imidazole rings is 1. The summed E-state index contributed by atoms with van der Waals surface area (Å²) in [4.78, 5) is 22.0. The molecule has 1 aliphatic heterocycles. The second-order valence-corrected chi connectivity index (χ2v) is 12.7. The fraction of sp³-hybridized carbons (Fsp3) is 0.407. The molecule has 40 heavy (non-hydrogen) atoms. The number of nitrogens with one attached hydrogen (secondary N) is 1. The van der Waals surface area contributed by atoms with Gasteiger partial charge in [-0.1, -0.05) is 17.3 Å². The first-order chi connectivity index (χ1) is 19.0. The van der Waals surface area contributed by atoms with Gasteiger partial charge in [0.05, 0.1) is 12.5 Å². The molecule has 13 heteroatoms. The summed E-state index contributed by atoms with van der Waals surface area (Å²) in [7, 11) is -3.19. The number of carbonyl (C=O) groups is 1. The van der Waals surface area contributed by atoms with Gasteiger partial charge < -0.3 is 9.84 Å². The van der Waals surface area contributed by atoms with E-state index in [2.05, 4.69) is 20.4 Å². The molecule has 0 bridgehead atoms. The third kappa shape index (κ3) is 5.10. The number of aromatic nitrogens is 4. The highest BCUT2D eigenvalue weighted by Crippen LogP contribution is 2.48. The minimum Gasteiger partial charge on any atom is -0.339 e. The Morgan fingerprint density at radius 3 is 2.58 bits per heavy atom. The van der Waals surface area contributed by atoms with E-state index in [1.54, 1.807) is 16.5 Å². The van der Waals surface area contributed by atoms with Gasteiger partial charge >= 0.3 is 0 Å². The molecular formula is C27H28F2N6O4S. The van der Waals surface area contributed by atoms with Gasteiger partial charge in [-0.2, -0.15) is 4.98 Å². The van der Waals surface area contributed by atoms with Crippen LogP contribution in [0.25, 0.3) is 17.0 Å². The normalized spacial score (nSPS) is 18.6. The number of benzene rings is 1. The largest absolute Gasteiger partial charge is 0.339 e. The van der Waals surface area contributed by atoms with Crippen LogP contribution in [0.2, 0.25) is 0 Å². The lowest BCUT2D eigenvalue weighted by Gasteiger charge is -2.31. The maximum Gasteiger partial charge on any atom is 0.274 e. The zero-order chi connectivity index (χ0) is 28.2. The summed E-state index contributed by atoms with van der Waals surface area (Å²) in [5.74, 6) is -2.81. The fourth-order valence-electron chi connectivity index (χ4n) is 5.38. The molecule has 1 aliphatic carbocycles. The van der Waals surface area contributed by atoms with Crippen molar-refractivity contribution in [3.8, 4) is 11.4 Å². The van der Waals surface area contributed by atoms with Gasteiger partial charge in [-0.25, -0.2) is 26.5 Å². The average molecular weight is 571 g/mol. The summed E-state index contributed by atoms with van der Waals surface area (Å²) < 4.78 is 58.5. The van der Waals surface area contributed by atoms with Crippen molar-refractivity contribution in [1.82, 2.24) is 23.8 Å². The predicted octanol–water partition coefficient (Wildman–Crippen LogP) is 4.60. The highest BCUT2D eigenvalue weighted by Gasteiger charge is 2.48. The van der Waals surface area contributed by atoms with Crippen molar-refractivity contribution in [2.75, 3.05) is 24.7 Å². The van der Waals surface area contributed by atoms with E-state index in [9.17, 15) is 22.0 Å². The topological polar surface area (TPSA) is 123 Å². The summed E-state index contributed by atoms with van der Waals surface area (Å²) in [6.07, 6.45) is 5.41. The molecule has 1 saturated heterocycles. The molecule has 4 aromatic rings. The number of halogens is 2. The van der Waals surface area contributed by atoms with Gasteiger partial charge in [0.25, 0.3) is 5.91 Å². The fourth-order valence-corrected chi connectivity index (χ4v) is 6.25. The number of piperidine rings is 1.